The minimum atomic E-state index is 0.0993. The molecule has 0 spiro atoms. The van der Waals surface area contributed by atoms with Crippen LogP contribution >= 0.6 is 0 Å². The third-order valence-corrected chi connectivity index (χ3v) is 6.64. The van der Waals surface area contributed by atoms with E-state index in [-0.39, 0.29) is 12.0 Å². The van der Waals surface area contributed by atoms with Crippen LogP contribution in [0.1, 0.15) is 56.9 Å². The van der Waals surface area contributed by atoms with Gasteiger partial charge in [-0.2, -0.15) is 0 Å². The minimum absolute atomic E-state index is 0.0993. The highest BCUT2D eigenvalue weighted by atomic mass is 16.5. The SMILES string of the molecule is COc1cc(C=CC(=O)N2CCCCC2)ccc1OC1CCN(C2CCC2)CC1. The number of carbonyl (C=O) groups excluding carboxylic acids is 1. The molecule has 1 aliphatic carbocycles. The molecule has 0 N–H and O–H groups in total. The van der Waals surface area contributed by atoms with Gasteiger partial charge in [-0.25, -0.2) is 0 Å². The van der Waals surface area contributed by atoms with Crippen LogP contribution < -0.4 is 9.47 Å². The van der Waals surface area contributed by atoms with Crippen molar-refractivity contribution in [2.45, 2.75) is 63.5 Å². The van der Waals surface area contributed by atoms with E-state index < -0.39 is 0 Å². The van der Waals surface area contributed by atoms with Crippen LogP contribution in [0.4, 0.5) is 0 Å². The number of piperidine rings is 2. The van der Waals surface area contributed by atoms with Crippen molar-refractivity contribution in [1.29, 1.82) is 0 Å². The molecule has 3 fully saturated rings. The number of amides is 1. The van der Waals surface area contributed by atoms with Gasteiger partial charge in [-0.15, -0.1) is 0 Å². The Labute approximate surface area is 174 Å². The lowest BCUT2D eigenvalue weighted by Gasteiger charge is -2.41. The molecular formula is C24H34N2O3. The highest BCUT2D eigenvalue weighted by Crippen LogP contribution is 2.33. The highest BCUT2D eigenvalue weighted by Gasteiger charge is 2.29. The summed E-state index contributed by atoms with van der Waals surface area (Å²) in [5.41, 5.74) is 0.958. The summed E-state index contributed by atoms with van der Waals surface area (Å²) in [5, 5.41) is 0. The monoisotopic (exact) mass is 398 g/mol. The lowest BCUT2D eigenvalue weighted by molar-refractivity contribution is -0.126. The summed E-state index contributed by atoms with van der Waals surface area (Å²) in [6, 6.07) is 6.76. The van der Waals surface area contributed by atoms with Crippen LogP contribution in [0.3, 0.4) is 0 Å². The first-order chi connectivity index (χ1) is 14.2. The zero-order valence-electron chi connectivity index (χ0n) is 17.6. The molecular weight excluding hydrogens is 364 g/mol. The number of ether oxygens (including phenoxy) is 2. The minimum Gasteiger partial charge on any atom is -0.493 e. The first-order valence-corrected chi connectivity index (χ1v) is 11.3. The molecule has 3 aliphatic rings. The summed E-state index contributed by atoms with van der Waals surface area (Å²) in [6.07, 6.45) is 13.5. The predicted molar refractivity (Wildman–Crippen MR) is 115 cm³/mol. The molecule has 4 rings (SSSR count). The lowest BCUT2D eigenvalue weighted by Crippen LogP contribution is -2.46. The molecule has 29 heavy (non-hydrogen) atoms. The summed E-state index contributed by atoms with van der Waals surface area (Å²) in [4.78, 5) is 16.9. The van der Waals surface area contributed by atoms with Crippen LogP contribution in [0, 0.1) is 0 Å². The van der Waals surface area contributed by atoms with Crippen molar-refractivity contribution in [1.82, 2.24) is 9.80 Å². The molecule has 1 aromatic carbocycles. The molecule has 2 heterocycles. The first-order valence-electron chi connectivity index (χ1n) is 11.3. The van der Waals surface area contributed by atoms with Gasteiger partial charge in [0.1, 0.15) is 6.10 Å². The Morgan fingerprint density at radius 3 is 2.38 bits per heavy atom. The Morgan fingerprint density at radius 1 is 0.966 bits per heavy atom. The average molecular weight is 399 g/mol. The van der Waals surface area contributed by atoms with Crippen molar-refractivity contribution >= 4 is 12.0 Å². The van der Waals surface area contributed by atoms with E-state index in [0.717, 1.165) is 75.0 Å². The zero-order chi connectivity index (χ0) is 20.1. The smallest absolute Gasteiger partial charge is 0.246 e. The number of hydrogen-bond acceptors (Lipinski definition) is 4. The van der Waals surface area contributed by atoms with Gasteiger partial charge in [0.25, 0.3) is 0 Å². The number of methoxy groups -OCH3 is 1. The number of rotatable bonds is 6. The van der Waals surface area contributed by atoms with Crippen molar-refractivity contribution in [3.63, 3.8) is 0 Å². The van der Waals surface area contributed by atoms with Crippen molar-refractivity contribution < 1.29 is 14.3 Å². The Kier molecular flexibility index (Phi) is 6.75. The fraction of sp³-hybridized carbons (Fsp3) is 0.625. The molecule has 1 saturated carbocycles. The van der Waals surface area contributed by atoms with Crippen molar-refractivity contribution in [2.24, 2.45) is 0 Å². The summed E-state index contributed by atoms with van der Waals surface area (Å²) in [6.45, 7) is 4.02. The summed E-state index contributed by atoms with van der Waals surface area (Å²) < 4.78 is 11.9. The fourth-order valence-corrected chi connectivity index (χ4v) is 4.56. The molecule has 5 nitrogen and oxygen atoms in total. The van der Waals surface area contributed by atoms with E-state index in [2.05, 4.69) is 4.90 Å². The molecule has 5 heteroatoms. The van der Waals surface area contributed by atoms with Crippen LogP contribution in [-0.4, -0.2) is 61.1 Å². The maximum Gasteiger partial charge on any atom is 0.246 e. The maximum absolute atomic E-state index is 12.3. The van der Waals surface area contributed by atoms with Crippen molar-refractivity contribution in [3.8, 4) is 11.5 Å². The summed E-state index contributed by atoms with van der Waals surface area (Å²) in [7, 11) is 1.67. The number of carbonyl (C=O) groups is 1. The second-order valence-corrected chi connectivity index (χ2v) is 8.57. The average Bonchev–Trinajstić information content (AvgIpc) is 2.73. The quantitative estimate of drug-likeness (QED) is 0.676. The molecule has 1 amide bonds. The van der Waals surface area contributed by atoms with Crippen molar-refractivity contribution in [3.05, 3.63) is 29.8 Å². The Morgan fingerprint density at radius 2 is 1.72 bits per heavy atom. The summed E-state index contributed by atoms with van der Waals surface area (Å²) in [5.74, 6) is 1.63. The molecule has 0 bridgehead atoms. The lowest BCUT2D eigenvalue weighted by atomic mass is 9.90. The first kappa shape index (κ1) is 20.3. The third kappa shape index (κ3) is 5.13. The standard InChI is InChI=1S/C24H34N2O3/c1-28-23-18-19(9-11-24(27)26-14-3-2-4-15-26)8-10-22(23)29-21-12-16-25(17-13-21)20-6-5-7-20/h8-11,18,20-21H,2-7,12-17H2,1H3. The van der Waals surface area contributed by atoms with Crippen LogP contribution in [0.15, 0.2) is 24.3 Å². The van der Waals surface area contributed by atoms with Crippen LogP contribution in [-0.2, 0) is 4.79 Å². The number of nitrogens with zero attached hydrogens (tertiary/aromatic N) is 2. The van der Waals surface area contributed by atoms with Crippen LogP contribution in [0.5, 0.6) is 11.5 Å². The van der Waals surface area contributed by atoms with E-state index in [0.29, 0.717) is 0 Å². The van der Waals surface area contributed by atoms with E-state index in [4.69, 9.17) is 9.47 Å². The Bertz CT molecular complexity index is 715. The van der Waals surface area contributed by atoms with Crippen LogP contribution in [0.25, 0.3) is 6.08 Å². The van der Waals surface area contributed by atoms with Gasteiger partial charge in [-0.1, -0.05) is 12.5 Å². The molecule has 0 unspecified atom stereocenters. The van der Waals surface area contributed by atoms with E-state index in [9.17, 15) is 4.79 Å². The third-order valence-electron chi connectivity index (χ3n) is 6.64. The number of hydrogen-bond donors (Lipinski definition) is 0. The molecule has 158 valence electrons. The fourth-order valence-electron chi connectivity index (χ4n) is 4.56. The van der Waals surface area contributed by atoms with Gasteiger partial charge in [0.05, 0.1) is 7.11 Å². The zero-order valence-corrected chi connectivity index (χ0v) is 17.6. The second kappa shape index (κ2) is 9.66. The highest BCUT2D eigenvalue weighted by molar-refractivity contribution is 5.91. The maximum atomic E-state index is 12.3. The number of benzene rings is 1. The van der Waals surface area contributed by atoms with E-state index >= 15 is 0 Å². The van der Waals surface area contributed by atoms with E-state index in [1.165, 1.54) is 25.7 Å². The van der Waals surface area contributed by atoms with Gasteiger partial charge < -0.3 is 19.3 Å². The Balaban J connectivity index is 1.33. The molecule has 1 aromatic rings. The molecule has 2 aliphatic heterocycles. The van der Waals surface area contributed by atoms with Gasteiger partial charge in [0.2, 0.25) is 5.91 Å². The molecule has 0 aromatic heterocycles. The van der Waals surface area contributed by atoms with Gasteiger partial charge in [0.15, 0.2) is 11.5 Å². The molecule has 2 saturated heterocycles. The van der Waals surface area contributed by atoms with Gasteiger partial charge in [0, 0.05) is 38.3 Å². The topological polar surface area (TPSA) is 42.0 Å². The molecule has 0 atom stereocenters. The summed E-state index contributed by atoms with van der Waals surface area (Å²) >= 11 is 0. The van der Waals surface area contributed by atoms with E-state index in [1.807, 2.05) is 29.2 Å². The van der Waals surface area contributed by atoms with E-state index in [1.54, 1.807) is 13.2 Å². The predicted octanol–water partition coefficient (Wildman–Crippen LogP) is 4.12. The van der Waals surface area contributed by atoms with Gasteiger partial charge in [-0.3, -0.25) is 4.79 Å². The molecule has 0 radical (unpaired) electrons. The van der Waals surface area contributed by atoms with Crippen molar-refractivity contribution in [2.75, 3.05) is 33.3 Å². The normalized spacial score (nSPS) is 21.9. The number of likely N-dealkylation sites (tertiary alicyclic amines) is 2. The second-order valence-electron chi connectivity index (χ2n) is 8.57. The van der Waals surface area contributed by atoms with Crippen LogP contribution in [0.2, 0.25) is 0 Å². The largest absolute Gasteiger partial charge is 0.493 e. The Hall–Kier alpha value is -2.01. The van der Waals surface area contributed by atoms with Gasteiger partial charge in [-0.05, 0) is 68.7 Å². The van der Waals surface area contributed by atoms with Gasteiger partial charge >= 0.3 is 0 Å².